The molecule has 2 aromatic carbocycles. The van der Waals surface area contributed by atoms with Crippen LogP contribution in [0, 0.1) is 6.92 Å². The minimum absolute atomic E-state index is 0.0846. The molecule has 3 aromatic rings. The van der Waals surface area contributed by atoms with E-state index in [1.807, 2.05) is 49.9 Å². The first-order chi connectivity index (χ1) is 16.5. The number of rotatable bonds is 7. The summed E-state index contributed by atoms with van der Waals surface area (Å²) in [6.07, 6.45) is 7.90. The molecule has 1 aliphatic rings. The molecule has 180 valence electrons. The summed E-state index contributed by atoms with van der Waals surface area (Å²) in [6, 6.07) is 10.3. The molecule has 0 spiro atoms. The zero-order chi connectivity index (χ0) is 24.2. The molecule has 0 aliphatic carbocycles. The average molecular weight is 462 g/mol. The molecule has 1 amide bonds. The molecule has 1 aliphatic heterocycles. The Labute approximate surface area is 202 Å². The highest BCUT2D eigenvalue weighted by Crippen LogP contribution is 2.42. The smallest absolute Gasteiger partial charge is 0.247 e. The van der Waals surface area contributed by atoms with Gasteiger partial charge in [-0.2, -0.15) is 0 Å². The van der Waals surface area contributed by atoms with E-state index < -0.39 is 0 Å². The third-order valence-electron chi connectivity index (χ3n) is 6.88. The van der Waals surface area contributed by atoms with E-state index in [4.69, 9.17) is 13.9 Å². The van der Waals surface area contributed by atoms with Gasteiger partial charge in [0.1, 0.15) is 17.1 Å². The first-order valence-electron chi connectivity index (χ1n) is 12.3. The maximum atomic E-state index is 13.3. The molecule has 1 atom stereocenters. The Bertz CT molecular complexity index is 1210. The summed E-state index contributed by atoms with van der Waals surface area (Å²) in [5, 5.41) is 0.977. The number of aryl methyl sites for hydroxylation is 1. The van der Waals surface area contributed by atoms with Crippen molar-refractivity contribution >= 4 is 22.4 Å². The third kappa shape index (κ3) is 4.44. The summed E-state index contributed by atoms with van der Waals surface area (Å²) in [5.74, 6) is 1.64. The van der Waals surface area contributed by atoms with Gasteiger partial charge in [-0.05, 0) is 64.2 Å². The van der Waals surface area contributed by atoms with Gasteiger partial charge in [0, 0.05) is 46.3 Å². The molecule has 1 unspecified atom stereocenters. The lowest BCUT2D eigenvalue weighted by Crippen LogP contribution is -2.42. The number of nitrogens with zero attached hydrogens (tertiary/aromatic N) is 1. The number of amides is 1. The zero-order valence-electron chi connectivity index (χ0n) is 20.9. The Hall–Kier alpha value is -3.21. The second-order valence-electron chi connectivity index (χ2n) is 8.95. The molecule has 0 radical (unpaired) electrons. The molecule has 1 aromatic heterocycles. The number of carbonyl (C=O) groups excluding carboxylic acids is 1. The first-order valence-corrected chi connectivity index (χ1v) is 12.3. The molecule has 4 rings (SSSR count). The second kappa shape index (κ2) is 10.4. The van der Waals surface area contributed by atoms with Crippen LogP contribution >= 0.6 is 0 Å². The van der Waals surface area contributed by atoms with E-state index in [0.717, 1.165) is 76.1 Å². The van der Waals surface area contributed by atoms with Gasteiger partial charge in [0.05, 0.1) is 20.0 Å². The van der Waals surface area contributed by atoms with Gasteiger partial charge >= 0.3 is 0 Å². The molecule has 2 heterocycles. The van der Waals surface area contributed by atoms with Crippen LogP contribution in [0.5, 0.6) is 11.5 Å². The Balaban J connectivity index is 1.83. The SMILES string of the molecule is CCOc1c(/C(C)=C/C(=O)N2CCCCC2CC)cc2c(-c3ccccc3OC)coc2c1C. The van der Waals surface area contributed by atoms with Crippen molar-refractivity contribution in [2.75, 3.05) is 20.3 Å². The summed E-state index contributed by atoms with van der Waals surface area (Å²) in [4.78, 5) is 15.3. The molecule has 1 saturated heterocycles. The van der Waals surface area contributed by atoms with Crippen LogP contribution in [0.3, 0.4) is 0 Å². The van der Waals surface area contributed by atoms with Gasteiger partial charge in [-0.15, -0.1) is 0 Å². The number of methoxy groups -OCH3 is 1. The van der Waals surface area contributed by atoms with Crippen molar-refractivity contribution in [2.24, 2.45) is 0 Å². The summed E-state index contributed by atoms with van der Waals surface area (Å²) in [7, 11) is 1.67. The average Bonchev–Trinajstić information content (AvgIpc) is 3.29. The summed E-state index contributed by atoms with van der Waals surface area (Å²) < 4.78 is 17.7. The van der Waals surface area contributed by atoms with E-state index >= 15 is 0 Å². The van der Waals surface area contributed by atoms with Crippen LogP contribution in [-0.2, 0) is 4.79 Å². The summed E-state index contributed by atoms with van der Waals surface area (Å²) >= 11 is 0. The van der Waals surface area contributed by atoms with Crippen molar-refractivity contribution in [3.05, 3.63) is 53.8 Å². The number of hydrogen-bond acceptors (Lipinski definition) is 4. The van der Waals surface area contributed by atoms with Gasteiger partial charge in [-0.3, -0.25) is 4.79 Å². The van der Waals surface area contributed by atoms with Crippen LogP contribution in [0.15, 0.2) is 47.1 Å². The number of benzene rings is 2. The highest BCUT2D eigenvalue weighted by atomic mass is 16.5. The lowest BCUT2D eigenvalue weighted by molar-refractivity contribution is -0.129. The fourth-order valence-corrected chi connectivity index (χ4v) is 5.08. The largest absolute Gasteiger partial charge is 0.496 e. The fourth-order valence-electron chi connectivity index (χ4n) is 5.08. The van der Waals surface area contributed by atoms with E-state index in [0.29, 0.717) is 12.6 Å². The maximum Gasteiger partial charge on any atom is 0.247 e. The molecule has 0 saturated carbocycles. The van der Waals surface area contributed by atoms with Gasteiger partial charge in [-0.25, -0.2) is 0 Å². The first kappa shape index (κ1) is 23.9. The molecule has 5 nitrogen and oxygen atoms in total. The van der Waals surface area contributed by atoms with Gasteiger partial charge in [0.15, 0.2) is 0 Å². The van der Waals surface area contributed by atoms with E-state index in [1.54, 1.807) is 19.4 Å². The minimum Gasteiger partial charge on any atom is -0.496 e. The lowest BCUT2D eigenvalue weighted by Gasteiger charge is -2.34. The van der Waals surface area contributed by atoms with Crippen molar-refractivity contribution in [3.8, 4) is 22.6 Å². The monoisotopic (exact) mass is 461 g/mol. The molecule has 34 heavy (non-hydrogen) atoms. The normalized spacial score (nSPS) is 16.7. The van der Waals surface area contributed by atoms with E-state index in [-0.39, 0.29) is 5.91 Å². The van der Waals surface area contributed by atoms with Crippen molar-refractivity contribution < 1.29 is 18.7 Å². The molecular weight excluding hydrogens is 426 g/mol. The van der Waals surface area contributed by atoms with Gasteiger partial charge in [-0.1, -0.05) is 25.1 Å². The number of hydrogen-bond donors (Lipinski definition) is 0. The number of likely N-dealkylation sites (tertiary alicyclic amines) is 1. The number of fused-ring (bicyclic) bond motifs is 1. The number of piperidine rings is 1. The molecule has 0 N–H and O–H groups in total. The highest BCUT2D eigenvalue weighted by Gasteiger charge is 2.25. The Morgan fingerprint density at radius 2 is 2.00 bits per heavy atom. The number of carbonyl (C=O) groups is 1. The number of para-hydroxylation sites is 1. The maximum absolute atomic E-state index is 13.3. The molecule has 1 fully saturated rings. The van der Waals surface area contributed by atoms with Crippen LogP contribution in [-0.4, -0.2) is 37.1 Å². The van der Waals surface area contributed by atoms with Gasteiger partial charge < -0.3 is 18.8 Å². The van der Waals surface area contributed by atoms with Crippen LogP contribution in [0.25, 0.3) is 27.7 Å². The quantitative estimate of drug-likeness (QED) is 0.355. The van der Waals surface area contributed by atoms with Crippen molar-refractivity contribution in [1.82, 2.24) is 4.90 Å². The zero-order valence-corrected chi connectivity index (χ0v) is 20.9. The Morgan fingerprint density at radius 1 is 1.21 bits per heavy atom. The number of allylic oxidation sites excluding steroid dienone is 1. The van der Waals surface area contributed by atoms with E-state index in [9.17, 15) is 4.79 Å². The molecule has 0 bridgehead atoms. The highest BCUT2D eigenvalue weighted by molar-refractivity contribution is 6.02. The van der Waals surface area contributed by atoms with Crippen LogP contribution < -0.4 is 9.47 Å². The minimum atomic E-state index is 0.0846. The predicted molar refractivity (Wildman–Crippen MR) is 137 cm³/mol. The van der Waals surface area contributed by atoms with E-state index in [1.165, 1.54) is 6.42 Å². The topological polar surface area (TPSA) is 51.9 Å². The molecule has 5 heteroatoms. The van der Waals surface area contributed by atoms with Crippen LogP contribution in [0.2, 0.25) is 0 Å². The lowest BCUT2D eigenvalue weighted by atomic mass is 9.95. The summed E-state index contributed by atoms with van der Waals surface area (Å²) in [6.45, 7) is 9.50. The van der Waals surface area contributed by atoms with Crippen molar-refractivity contribution in [3.63, 3.8) is 0 Å². The van der Waals surface area contributed by atoms with Crippen LogP contribution in [0.1, 0.15) is 57.6 Å². The Kier molecular flexibility index (Phi) is 7.30. The number of ether oxygens (including phenoxy) is 2. The predicted octanol–water partition coefficient (Wildman–Crippen LogP) is 7.01. The number of furan rings is 1. The van der Waals surface area contributed by atoms with E-state index in [2.05, 4.69) is 13.0 Å². The second-order valence-corrected chi connectivity index (χ2v) is 8.95. The van der Waals surface area contributed by atoms with Crippen molar-refractivity contribution in [1.29, 1.82) is 0 Å². The van der Waals surface area contributed by atoms with Gasteiger partial charge in [0.25, 0.3) is 0 Å². The van der Waals surface area contributed by atoms with Crippen LogP contribution in [0.4, 0.5) is 0 Å². The standard InChI is InChI=1S/C29H35NO4/c1-6-21-12-10-11-15-30(21)27(31)16-19(3)23-17-24-25(22-13-8-9-14-26(22)32-5)18-34-29(24)20(4)28(23)33-7-2/h8-9,13-14,16-18,21H,6-7,10-12,15H2,1-5H3/b19-16+. The van der Waals surface area contributed by atoms with Crippen molar-refractivity contribution in [2.45, 2.75) is 59.4 Å². The fraction of sp³-hybridized carbons (Fsp3) is 0.414. The van der Waals surface area contributed by atoms with Gasteiger partial charge in [0.2, 0.25) is 5.91 Å². The summed E-state index contributed by atoms with van der Waals surface area (Å²) in [5.41, 5.74) is 5.46. The Morgan fingerprint density at radius 3 is 2.74 bits per heavy atom. The molecular formula is C29H35NO4. The third-order valence-corrected chi connectivity index (χ3v) is 6.88.